The van der Waals surface area contributed by atoms with Gasteiger partial charge in [-0.2, -0.15) is 11.8 Å². The normalized spacial score (nSPS) is 31.1. The number of Topliss-reactive ketones (excluding diaryl/α,β-unsaturated/α-hetero) is 1. The summed E-state index contributed by atoms with van der Waals surface area (Å²) in [5.74, 6) is 3.16. The Morgan fingerprint density at radius 3 is 2.93 bits per heavy atom. The molecule has 29 heavy (non-hydrogen) atoms. The molecule has 0 aromatic heterocycles. The molecular formula is C22H30BrNO4S. The van der Waals surface area contributed by atoms with Gasteiger partial charge in [-0.3, -0.25) is 9.69 Å². The maximum Gasteiger partial charge on any atom is 0.141 e. The van der Waals surface area contributed by atoms with E-state index >= 15 is 0 Å². The average molecular weight is 484 g/mol. The summed E-state index contributed by atoms with van der Waals surface area (Å²) in [4.78, 5) is 14.9. The third-order valence-corrected chi connectivity index (χ3v) is 8.53. The number of ether oxygens (including phenoxy) is 2. The molecule has 0 radical (unpaired) electrons. The van der Waals surface area contributed by atoms with Crippen LogP contribution in [0.15, 0.2) is 10.5 Å². The van der Waals surface area contributed by atoms with E-state index < -0.39 is 0 Å². The number of methoxy groups -OCH3 is 1. The lowest BCUT2D eigenvalue weighted by atomic mass is 9.59. The molecular weight excluding hydrogens is 454 g/mol. The maximum absolute atomic E-state index is 12.4. The standard InChI is InChI=1S/C22H30BrNO4S/c1-13-7-16(26)9-18-22(13)10-15(12-25)24(5-4-6-29-3)11-14-8-17(27-2)20(23)21(28-18)19(14)22/h8,13,15,18,25H,4-7,9-12H2,1-3H3/t13-,15+,18-,22+/m1/s1. The highest BCUT2D eigenvalue weighted by molar-refractivity contribution is 9.10. The van der Waals surface area contributed by atoms with Gasteiger partial charge in [0.15, 0.2) is 0 Å². The van der Waals surface area contributed by atoms with E-state index in [1.165, 1.54) is 11.1 Å². The van der Waals surface area contributed by atoms with Crippen molar-refractivity contribution >= 4 is 33.5 Å². The predicted molar refractivity (Wildman–Crippen MR) is 119 cm³/mol. The number of hydrogen-bond donors (Lipinski definition) is 1. The number of halogens is 1. The number of carbonyl (C=O) groups is 1. The molecule has 4 atom stereocenters. The molecule has 160 valence electrons. The molecule has 1 aromatic rings. The van der Waals surface area contributed by atoms with E-state index in [1.807, 2.05) is 11.8 Å². The molecule has 1 N–H and O–H groups in total. The van der Waals surface area contributed by atoms with E-state index in [2.05, 4.69) is 40.1 Å². The lowest BCUT2D eigenvalue weighted by Crippen LogP contribution is -2.52. The van der Waals surface area contributed by atoms with Gasteiger partial charge >= 0.3 is 0 Å². The number of carbonyl (C=O) groups excluding carboxylic acids is 1. The first-order valence-electron chi connectivity index (χ1n) is 10.4. The van der Waals surface area contributed by atoms with Crippen molar-refractivity contribution in [2.24, 2.45) is 5.92 Å². The van der Waals surface area contributed by atoms with Crippen molar-refractivity contribution in [1.29, 1.82) is 0 Å². The second-order valence-electron chi connectivity index (χ2n) is 8.61. The van der Waals surface area contributed by atoms with Crippen molar-refractivity contribution in [2.75, 3.05) is 32.3 Å². The molecule has 1 fully saturated rings. The minimum atomic E-state index is -0.241. The van der Waals surface area contributed by atoms with Crippen LogP contribution in [0.4, 0.5) is 0 Å². The monoisotopic (exact) mass is 483 g/mol. The van der Waals surface area contributed by atoms with E-state index in [0.29, 0.717) is 12.8 Å². The van der Waals surface area contributed by atoms with Gasteiger partial charge < -0.3 is 14.6 Å². The van der Waals surface area contributed by atoms with Crippen molar-refractivity contribution in [3.63, 3.8) is 0 Å². The number of hydrogen-bond acceptors (Lipinski definition) is 6. The first-order chi connectivity index (χ1) is 14.0. The molecule has 4 rings (SSSR count). The fraction of sp³-hybridized carbons (Fsp3) is 0.682. The summed E-state index contributed by atoms with van der Waals surface area (Å²) >= 11 is 5.55. The van der Waals surface area contributed by atoms with Crippen LogP contribution in [-0.2, 0) is 16.8 Å². The molecule has 1 spiro atoms. The fourth-order valence-electron chi connectivity index (χ4n) is 5.72. The van der Waals surface area contributed by atoms with Gasteiger partial charge in [0.1, 0.15) is 27.9 Å². The van der Waals surface area contributed by atoms with Crippen molar-refractivity contribution < 1.29 is 19.4 Å². The molecule has 5 nitrogen and oxygen atoms in total. The Morgan fingerprint density at radius 2 is 2.24 bits per heavy atom. The summed E-state index contributed by atoms with van der Waals surface area (Å²) in [6.07, 6.45) is 4.89. The summed E-state index contributed by atoms with van der Waals surface area (Å²) < 4.78 is 12.9. The highest BCUT2D eigenvalue weighted by atomic mass is 79.9. The molecule has 7 heteroatoms. The lowest BCUT2D eigenvalue weighted by Gasteiger charge is -2.44. The number of rotatable bonds is 6. The topological polar surface area (TPSA) is 59.0 Å². The highest BCUT2D eigenvalue weighted by Crippen LogP contribution is 2.60. The zero-order valence-corrected chi connectivity index (χ0v) is 19.8. The smallest absolute Gasteiger partial charge is 0.141 e. The van der Waals surface area contributed by atoms with Gasteiger partial charge in [0.05, 0.1) is 13.7 Å². The minimum absolute atomic E-state index is 0.0572. The van der Waals surface area contributed by atoms with Crippen LogP contribution in [0.25, 0.3) is 0 Å². The molecule has 0 amide bonds. The van der Waals surface area contributed by atoms with Crippen molar-refractivity contribution in [1.82, 2.24) is 4.90 Å². The molecule has 2 heterocycles. The van der Waals surface area contributed by atoms with Crippen LogP contribution < -0.4 is 9.47 Å². The van der Waals surface area contributed by atoms with Crippen LogP contribution in [0.2, 0.25) is 0 Å². The van der Waals surface area contributed by atoms with Gasteiger partial charge in [0.2, 0.25) is 0 Å². The zero-order chi connectivity index (χ0) is 20.8. The fourth-order valence-corrected chi connectivity index (χ4v) is 6.71. The van der Waals surface area contributed by atoms with Gasteiger partial charge in [-0.25, -0.2) is 0 Å². The van der Waals surface area contributed by atoms with Crippen molar-refractivity contribution in [3.05, 3.63) is 21.7 Å². The molecule has 0 unspecified atom stereocenters. The predicted octanol–water partition coefficient (Wildman–Crippen LogP) is 3.78. The van der Waals surface area contributed by atoms with Crippen LogP contribution >= 0.6 is 27.7 Å². The van der Waals surface area contributed by atoms with Gasteiger partial charge in [-0.1, -0.05) is 6.92 Å². The van der Waals surface area contributed by atoms with E-state index in [0.717, 1.165) is 47.7 Å². The molecule has 1 saturated carbocycles. The van der Waals surface area contributed by atoms with Crippen LogP contribution in [0, 0.1) is 5.92 Å². The van der Waals surface area contributed by atoms with Gasteiger partial charge in [-0.05, 0) is 64.9 Å². The average Bonchev–Trinajstić information content (AvgIpc) is 2.95. The Morgan fingerprint density at radius 1 is 1.45 bits per heavy atom. The van der Waals surface area contributed by atoms with Crippen LogP contribution in [0.1, 0.15) is 43.7 Å². The van der Waals surface area contributed by atoms with Crippen LogP contribution in [0.3, 0.4) is 0 Å². The number of nitrogens with zero attached hydrogens (tertiary/aromatic N) is 1. The van der Waals surface area contributed by atoms with Crippen LogP contribution in [-0.4, -0.2) is 60.2 Å². The van der Waals surface area contributed by atoms with Crippen molar-refractivity contribution in [2.45, 2.75) is 56.7 Å². The zero-order valence-electron chi connectivity index (χ0n) is 17.4. The van der Waals surface area contributed by atoms with Gasteiger partial charge in [-0.15, -0.1) is 0 Å². The number of aliphatic hydroxyl groups excluding tert-OH is 1. The summed E-state index contributed by atoms with van der Waals surface area (Å²) in [5, 5.41) is 10.3. The number of ketones is 1. The van der Waals surface area contributed by atoms with E-state index in [1.54, 1.807) is 7.11 Å². The van der Waals surface area contributed by atoms with E-state index in [4.69, 9.17) is 9.47 Å². The second kappa shape index (κ2) is 8.40. The lowest BCUT2D eigenvalue weighted by molar-refractivity contribution is -0.127. The Kier molecular flexibility index (Phi) is 6.22. The molecule has 0 bridgehead atoms. The van der Waals surface area contributed by atoms with Gasteiger partial charge in [0.25, 0.3) is 0 Å². The van der Waals surface area contributed by atoms with Crippen molar-refractivity contribution in [3.8, 4) is 11.5 Å². The highest BCUT2D eigenvalue weighted by Gasteiger charge is 2.59. The first-order valence-corrected chi connectivity index (χ1v) is 12.6. The first kappa shape index (κ1) is 21.5. The summed E-state index contributed by atoms with van der Waals surface area (Å²) in [6, 6.07) is 2.18. The van der Waals surface area contributed by atoms with Crippen LogP contribution in [0.5, 0.6) is 11.5 Å². The molecule has 0 saturated heterocycles. The number of aliphatic hydroxyl groups is 1. The molecule has 1 aromatic carbocycles. The minimum Gasteiger partial charge on any atom is -0.495 e. The third-order valence-electron chi connectivity index (χ3n) is 7.08. The third kappa shape index (κ3) is 3.42. The van der Waals surface area contributed by atoms with Gasteiger partial charge in [0, 0.05) is 36.4 Å². The summed E-state index contributed by atoms with van der Waals surface area (Å²) in [5.41, 5.74) is 2.21. The molecule has 3 aliphatic rings. The Bertz CT molecular complexity index is 804. The Hall–Kier alpha value is -0.760. The molecule has 2 aliphatic heterocycles. The largest absolute Gasteiger partial charge is 0.495 e. The quantitative estimate of drug-likeness (QED) is 0.621. The number of thioether (sulfide) groups is 1. The van der Waals surface area contributed by atoms with E-state index in [-0.39, 0.29) is 35.9 Å². The van der Waals surface area contributed by atoms with E-state index in [9.17, 15) is 9.90 Å². The number of benzene rings is 1. The summed E-state index contributed by atoms with van der Waals surface area (Å²) in [6.45, 7) is 4.02. The Labute approximate surface area is 185 Å². The second-order valence-corrected chi connectivity index (χ2v) is 10.4. The molecule has 1 aliphatic carbocycles. The SMILES string of the molecule is COc1cc2c3c(c1Br)O[C@@H]1CC(=O)C[C@@H](C)[C@]31C[C@@H](CO)N(CCCSC)C2. The summed E-state index contributed by atoms with van der Waals surface area (Å²) in [7, 11) is 1.67. The maximum atomic E-state index is 12.4. The Balaban J connectivity index is 1.85.